The minimum atomic E-state index is 0.127. The lowest BCUT2D eigenvalue weighted by atomic mass is 9.72. The van der Waals surface area contributed by atoms with Gasteiger partial charge in [0, 0.05) is 0 Å². The van der Waals surface area contributed by atoms with Crippen LogP contribution < -0.4 is 0 Å². The van der Waals surface area contributed by atoms with Crippen molar-refractivity contribution >= 4 is 5.57 Å². The van der Waals surface area contributed by atoms with E-state index in [9.17, 15) is 0 Å². The number of allylic oxidation sites excluding steroid dienone is 4. The van der Waals surface area contributed by atoms with E-state index in [2.05, 4.69) is 92.7 Å². The third-order valence-corrected chi connectivity index (χ3v) is 7.54. The quantitative estimate of drug-likeness (QED) is 0.391. The number of rotatable bonds is 4. The van der Waals surface area contributed by atoms with Gasteiger partial charge < -0.3 is 0 Å². The number of benzene rings is 2. The number of fused-ring (bicyclic) bond motifs is 3. The highest BCUT2D eigenvalue weighted by Gasteiger charge is 2.35. The van der Waals surface area contributed by atoms with Crippen molar-refractivity contribution < 1.29 is 0 Å². The van der Waals surface area contributed by atoms with Gasteiger partial charge in [-0.1, -0.05) is 92.7 Å². The molecule has 2 aliphatic rings. The highest BCUT2D eigenvalue weighted by atomic mass is 14.4. The van der Waals surface area contributed by atoms with Gasteiger partial charge in [-0.25, -0.2) is 0 Å². The van der Waals surface area contributed by atoms with Gasteiger partial charge in [-0.3, -0.25) is 0 Å². The molecule has 2 aliphatic carbocycles. The smallest absolute Gasteiger partial charge is 0.000698 e. The molecule has 0 aromatic heterocycles. The highest BCUT2D eigenvalue weighted by molar-refractivity contribution is 5.91. The number of hydrogen-bond acceptors (Lipinski definition) is 0. The van der Waals surface area contributed by atoms with E-state index in [1.807, 2.05) is 0 Å². The Labute approximate surface area is 196 Å². The molecular formula is C32H42. The first-order chi connectivity index (χ1) is 15.0. The molecule has 0 N–H and O–H groups in total. The Hall–Kier alpha value is -2.08. The zero-order valence-corrected chi connectivity index (χ0v) is 21.9. The van der Waals surface area contributed by atoms with Gasteiger partial charge in [-0.15, -0.1) is 0 Å². The van der Waals surface area contributed by atoms with Crippen LogP contribution in [0.3, 0.4) is 0 Å². The Morgan fingerprint density at radius 2 is 1.44 bits per heavy atom. The summed E-state index contributed by atoms with van der Waals surface area (Å²) >= 11 is 0. The van der Waals surface area contributed by atoms with E-state index >= 15 is 0 Å². The van der Waals surface area contributed by atoms with Crippen molar-refractivity contribution in [3.05, 3.63) is 74.9 Å². The van der Waals surface area contributed by atoms with E-state index in [0.29, 0.717) is 0 Å². The average molecular weight is 427 g/mol. The first-order valence-corrected chi connectivity index (χ1v) is 12.8. The minimum absolute atomic E-state index is 0.127. The Morgan fingerprint density at radius 1 is 0.750 bits per heavy atom. The van der Waals surface area contributed by atoms with Gasteiger partial charge >= 0.3 is 0 Å². The molecule has 0 saturated carbocycles. The Balaban J connectivity index is 2.14. The first kappa shape index (κ1) is 23.1. The minimum Gasteiger partial charge on any atom is -0.0801 e. The van der Waals surface area contributed by atoms with Crippen LogP contribution in [0.15, 0.2) is 30.4 Å². The molecule has 0 unspecified atom stereocenters. The van der Waals surface area contributed by atoms with Gasteiger partial charge in [0.25, 0.3) is 0 Å². The van der Waals surface area contributed by atoms with E-state index in [0.717, 1.165) is 32.1 Å². The molecule has 0 aliphatic heterocycles. The van der Waals surface area contributed by atoms with Gasteiger partial charge in [-0.2, -0.15) is 0 Å². The monoisotopic (exact) mass is 426 g/mol. The van der Waals surface area contributed by atoms with E-state index in [1.54, 1.807) is 44.5 Å². The summed E-state index contributed by atoms with van der Waals surface area (Å²) in [6, 6.07) is 5.04. The third kappa shape index (κ3) is 3.60. The fourth-order valence-corrected chi connectivity index (χ4v) is 6.11. The van der Waals surface area contributed by atoms with E-state index in [-0.39, 0.29) is 10.8 Å². The predicted molar refractivity (Wildman–Crippen MR) is 142 cm³/mol. The van der Waals surface area contributed by atoms with Crippen molar-refractivity contribution in [2.75, 3.05) is 0 Å². The van der Waals surface area contributed by atoms with Crippen LogP contribution in [0.5, 0.6) is 0 Å². The maximum absolute atomic E-state index is 2.53. The number of aryl methyl sites for hydroxylation is 1. The number of hydrogen-bond donors (Lipinski definition) is 0. The highest BCUT2D eigenvalue weighted by Crippen LogP contribution is 2.51. The zero-order valence-electron chi connectivity index (χ0n) is 21.9. The van der Waals surface area contributed by atoms with Gasteiger partial charge in [0.1, 0.15) is 0 Å². The fourth-order valence-electron chi connectivity index (χ4n) is 6.11. The van der Waals surface area contributed by atoms with Gasteiger partial charge in [0.2, 0.25) is 0 Å². The standard InChI is InChI=1S/C32H42/c1-10-20-17-23(31(4,5)6)18-22-19-26-28(21-15-13-14-16-21)30(32(7,8)9)25(12-3)24(11-2)29(26)27(20)22/h13-15,17-18H,10-12,16,19H2,1-9H3. The second-order valence-corrected chi connectivity index (χ2v) is 11.8. The summed E-state index contributed by atoms with van der Waals surface area (Å²) in [5, 5.41) is 0. The molecule has 0 heterocycles. The molecule has 0 spiro atoms. The van der Waals surface area contributed by atoms with Crippen molar-refractivity contribution in [2.45, 2.75) is 105 Å². The summed E-state index contributed by atoms with van der Waals surface area (Å²) in [4.78, 5) is 0. The third-order valence-electron chi connectivity index (χ3n) is 7.54. The molecule has 170 valence electrons. The lowest BCUT2D eigenvalue weighted by molar-refractivity contribution is 0.579. The Morgan fingerprint density at radius 3 is 1.94 bits per heavy atom. The van der Waals surface area contributed by atoms with Crippen LogP contribution in [-0.4, -0.2) is 0 Å². The van der Waals surface area contributed by atoms with Crippen LogP contribution in [0.4, 0.5) is 0 Å². The second-order valence-electron chi connectivity index (χ2n) is 11.8. The largest absolute Gasteiger partial charge is 0.0801 e. The molecule has 4 rings (SSSR count). The van der Waals surface area contributed by atoms with E-state index < -0.39 is 0 Å². The summed E-state index contributed by atoms with van der Waals surface area (Å²) in [6.07, 6.45) is 12.4. The predicted octanol–water partition coefficient (Wildman–Crippen LogP) is 8.88. The molecule has 2 aromatic carbocycles. The summed E-state index contributed by atoms with van der Waals surface area (Å²) in [6.45, 7) is 21.3. The lowest BCUT2D eigenvalue weighted by Crippen LogP contribution is -2.20. The van der Waals surface area contributed by atoms with Crippen molar-refractivity contribution in [2.24, 2.45) is 0 Å². The van der Waals surface area contributed by atoms with Crippen LogP contribution >= 0.6 is 0 Å². The zero-order chi connectivity index (χ0) is 23.4. The molecule has 0 nitrogen and oxygen atoms in total. The van der Waals surface area contributed by atoms with Crippen LogP contribution in [0.2, 0.25) is 0 Å². The van der Waals surface area contributed by atoms with Gasteiger partial charge in [0.05, 0.1) is 0 Å². The van der Waals surface area contributed by atoms with Crippen LogP contribution in [0.25, 0.3) is 16.7 Å². The van der Waals surface area contributed by atoms with Crippen LogP contribution in [0, 0.1) is 0 Å². The molecule has 0 radical (unpaired) electrons. The molecule has 0 saturated heterocycles. The van der Waals surface area contributed by atoms with Crippen molar-refractivity contribution in [3.8, 4) is 11.1 Å². The van der Waals surface area contributed by atoms with Crippen LogP contribution in [0.1, 0.15) is 113 Å². The second kappa shape index (κ2) is 8.05. The first-order valence-electron chi connectivity index (χ1n) is 12.8. The van der Waals surface area contributed by atoms with Gasteiger partial charge in [-0.05, 0) is 104 Å². The molecule has 2 aromatic rings. The topological polar surface area (TPSA) is 0 Å². The lowest BCUT2D eigenvalue weighted by Gasteiger charge is -2.32. The summed E-state index contributed by atoms with van der Waals surface area (Å²) < 4.78 is 0. The molecular weight excluding hydrogens is 384 g/mol. The van der Waals surface area contributed by atoms with Crippen molar-refractivity contribution in [1.29, 1.82) is 0 Å². The van der Waals surface area contributed by atoms with Gasteiger partial charge in [0.15, 0.2) is 0 Å². The average Bonchev–Trinajstić information content (AvgIpc) is 3.37. The Kier molecular flexibility index (Phi) is 5.81. The van der Waals surface area contributed by atoms with Crippen molar-refractivity contribution in [1.82, 2.24) is 0 Å². The summed E-state index contributed by atoms with van der Waals surface area (Å²) in [5.74, 6) is 0. The molecule has 0 fully saturated rings. The summed E-state index contributed by atoms with van der Waals surface area (Å²) in [5.41, 5.74) is 17.5. The molecule has 0 heteroatoms. The molecule has 0 bridgehead atoms. The summed E-state index contributed by atoms with van der Waals surface area (Å²) in [7, 11) is 0. The fraction of sp³-hybridized carbons (Fsp3) is 0.500. The molecule has 0 atom stereocenters. The van der Waals surface area contributed by atoms with E-state index in [4.69, 9.17) is 0 Å². The van der Waals surface area contributed by atoms with Crippen molar-refractivity contribution in [3.63, 3.8) is 0 Å². The Bertz CT molecular complexity index is 1120. The molecule has 0 amide bonds. The SMILES string of the molecule is CCc1cc(C(C)(C)C)cc2c1-c1c(CC)c(CC)c(C(C)(C)C)c(C3=CC=CC3)c1C2. The van der Waals surface area contributed by atoms with E-state index in [1.165, 1.54) is 16.7 Å². The molecule has 32 heavy (non-hydrogen) atoms. The normalized spacial score (nSPS) is 15.2. The maximum Gasteiger partial charge on any atom is -0.000698 e. The maximum atomic E-state index is 2.53. The van der Waals surface area contributed by atoms with Crippen LogP contribution in [-0.2, 0) is 36.5 Å².